The fourth-order valence-corrected chi connectivity index (χ4v) is 4.10. The number of H-pyrrole nitrogens is 1. The molecule has 0 fully saturated rings. The summed E-state index contributed by atoms with van der Waals surface area (Å²) in [4.78, 5) is 15.9. The summed E-state index contributed by atoms with van der Waals surface area (Å²) in [6.45, 7) is 6.87. The van der Waals surface area contributed by atoms with E-state index in [1.165, 1.54) is 16.7 Å². The van der Waals surface area contributed by atoms with E-state index in [-0.39, 0.29) is 0 Å². The van der Waals surface area contributed by atoms with E-state index in [2.05, 4.69) is 55.3 Å². The summed E-state index contributed by atoms with van der Waals surface area (Å²) in [6, 6.07) is 12.5. The van der Waals surface area contributed by atoms with Crippen LogP contribution in [0.2, 0.25) is 0 Å². The highest BCUT2D eigenvalue weighted by atomic mass is 16.4. The second-order valence-corrected chi connectivity index (χ2v) is 7.51. The summed E-state index contributed by atoms with van der Waals surface area (Å²) >= 11 is 0. The fraction of sp³-hybridized carbons (Fsp3) is 0.318. The number of aromatic nitrogens is 1. The Labute approximate surface area is 153 Å². The normalized spacial score (nSPS) is 19.5. The number of rotatable bonds is 3. The van der Waals surface area contributed by atoms with Gasteiger partial charge in [-0.2, -0.15) is 0 Å². The summed E-state index contributed by atoms with van der Waals surface area (Å²) in [5.74, 6) is -0.833. The molecule has 0 radical (unpaired) electrons. The lowest BCUT2D eigenvalue weighted by Crippen LogP contribution is -2.54. The smallest absolute Gasteiger partial charge is 0.330 e. The summed E-state index contributed by atoms with van der Waals surface area (Å²) < 4.78 is 0. The van der Waals surface area contributed by atoms with Crippen LogP contribution in [0.5, 0.6) is 0 Å². The molecule has 1 aliphatic heterocycles. The average molecular weight is 348 g/mol. The molecule has 1 aliphatic rings. The topological polar surface area (TPSA) is 65.1 Å². The highest BCUT2D eigenvalue weighted by Gasteiger charge is 2.45. The molecule has 0 amide bonds. The van der Waals surface area contributed by atoms with Gasteiger partial charge in [0.2, 0.25) is 0 Å². The van der Waals surface area contributed by atoms with Crippen LogP contribution in [0.4, 0.5) is 0 Å². The second kappa shape index (κ2) is 5.99. The van der Waals surface area contributed by atoms with Gasteiger partial charge in [0.25, 0.3) is 0 Å². The number of carbonyl (C=O) groups is 1. The molecule has 0 saturated heterocycles. The molecule has 2 aromatic carbocycles. The Bertz CT molecular complexity index is 1020. The van der Waals surface area contributed by atoms with Crippen molar-refractivity contribution in [1.29, 1.82) is 0 Å². The monoisotopic (exact) mass is 348 g/mol. The lowest BCUT2D eigenvalue weighted by atomic mass is 9.81. The average Bonchev–Trinajstić information content (AvgIpc) is 2.97. The third-order valence-corrected chi connectivity index (χ3v) is 5.70. The quantitative estimate of drug-likeness (QED) is 0.675. The Hall–Kier alpha value is -2.59. The van der Waals surface area contributed by atoms with Crippen LogP contribution in [0.3, 0.4) is 0 Å². The summed E-state index contributed by atoms with van der Waals surface area (Å²) in [7, 11) is 0. The summed E-state index contributed by atoms with van der Waals surface area (Å²) in [5.41, 5.74) is 6.45. The molecule has 134 valence electrons. The molecule has 2 heterocycles. The van der Waals surface area contributed by atoms with Crippen LogP contribution in [0.1, 0.15) is 33.5 Å². The molecule has 4 rings (SSSR count). The Morgan fingerprint density at radius 2 is 1.92 bits per heavy atom. The van der Waals surface area contributed by atoms with Crippen molar-refractivity contribution in [2.75, 3.05) is 6.54 Å². The van der Waals surface area contributed by atoms with Gasteiger partial charge in [-0.1, -0.05) is 29.8 Å². The van der Waals surface area contributed by atoms with Crippen LogP contribution in [-0.4, -0.2) is 22.6 Å². The minimum absolute atomic E-state index is 0.419. The molecule has 0 aliphatic carbocycles. The maximum atomic E-state index is 12.5. The van der Waals surface area contributed by atoms with E-state index >= 15 is 0 Å². The zero-order chi connectivity index (χ0) is 18.5. The first-order valence-corrected chi connectivity index (χ1v) is 9.07. The van der Waals surface area contributed by atoms with E-state index in [1.54, 1.807) is 0 Å². The zero-order valence-corrected chi connectivity index (χ0v) is 15.4. The van der Waals surface area contributed by atoms with Crippen LogP contribution in [0.25, 0.3) is 10.9 Å². The van der Waals surface area contributed by atoms with Crippen molar-refractivity contribution in [3.05, 3.63) is 69.9 Å². The molecule has 0 saturated carbocycles. The van der Waals surface area contributed by atoms with E-state index in [0.29, 0.717) is 13.0 Å². The number of hydrogen-bond donors (Lipinski definition) is 3. The highest BCUT2D eigenvalue weighted by molar-refractivity contribution is 5.90. The number of carboxylic acid groups (broad SMARTS) is 1. The highest BCUT2D eigenvalue weighted by Crippen LogP contribution is 2.36. The first-order valence-electron chi connectivity index (χ1n) is 9.07. The van der Waals surface area contributed by atoms with Crippen LogP contribution < -0.4 is 5.32 Å². The van der Waals surface area contributed by atoms with Crippen molar-refractivity contribution in [1.82, 2.24) is 10.3 Å². The predicted octanol–water partition coefficient (Wildman–Crippen LogP) is 3.76. The molecule has 0 bridgehead atoms. The van der Waals surface area contributed by atoms with Crippen molar-refractivity contribution < 1.29 is 9.90 Å². The largest absolute Gasteiger partial charge is 0.480 e. The van der Waals surface area contributed by atoms with Crippen LogP contribution in [-0.2, 0) is 23.2 Å². The number of aryl methyl sites for hydroxylation is 3. The Balaban J connectivity index is 1.88. The van der Waals surface area contributed by atoms with Crippen LogP contribution in [0, 0.1) is 20.8 Å². The number of carboxylic acids is 1. The number of nitrogens with one attached hydrogen (secondary N) is 2. The van der Waals surface area contributed by atoms with E-state index in [9.17, 15) is 9.90 Å². The Morgan fingerprint density at radius 3 is 2.65 bits per heavy atom. The fourth-order valence-electron chi connectivity index (χ4n) is 4.10. The number of benzene rings is 2. The van der Waals surface area contributed by atoms with Crippen molar-refractivity contribution in [2.45, 2.75) is 39.2 Å². The molecule has 3 N–H and O–H groups in total. The maximum Gasteiger partial charge on any atom is 0.330 e. The van der Waals surface area contributed by atoms with Gasteiger partial charge < -0.3 is 10.1 Å². The summed E-state index contributed by atoms with van der Waals surface area (Å²) in [6.07, 6.45) is 1.25. The maximum absolute atomic E-state index is 12.5. The molecule has 4 nitrogen and oxygen atoms in total. The Kier molecular flexibility index (Phi) is 3.88. The van der Waals surface area contributed by atoms with Crippen molar-refractivity contribution in [3.8, 4) is 0 Å². The SMILES string of the molecule is Cc1ccc2[nH]c3c(c2c1)CCNC3(Cc1ccc(C)c(C)c1)C(=O)O. The second-order valence-electron chi connectivity index (χ2n) is 7.51. The predicted molar refractivity (Wildman–Crippen MR) is 104 cm³/mol. The number of aromatic amines is 1. The standard InChI is InChI=1S/C22H24N2O2/c1-13-4-7-19-18(10-13)17-8-9-23-22(21(25)26,20(17)24-19)12-16-6-5-14(2)15(3)11-16/h4-7,10-11,23-24H,8-9,12H2,1-3H3,(H,25,26). The lowest BCUT2D eigenvalue weighted by Gasteiger charge is -2.35. The lowest BCUT2D eigenvalue weighted by molar-refractivity contribution is -0.145. The van der Waals surface area contributed by atoms with Gasteiger partial charge in [0, 0.05) is 23.9 Å². The molecule has 26 heavy (non-hydrogen) atoms. The molecular weight excluding hydrogens is 324 g/mol. The van der Waals surface area contributed by atoms with Crippen molar-refractivity contribution in [2.24, 2.45) is 0 Å². The van der Waals surface area contributed by atoms with E-state index in [0.717, 1.165) is 34.1 Å². The first-order chi connectivity index (χ1) is 12.4. The molecule has 1 aromatic heterocycles. The van der Waals surface area contributed by atoms with E-state index < -0.39 is 11.5 Å². The first kappa shape index (κ1) is 16.9. The van der Waals surface area contributed by atoms with Gasteiger partial charge in [-0.3, -0.25) is 5.32 Å². The Morgan fingerprint density at radius 1 is 1.12 bits per heavy atom. The molecule has 4 heteroatoms. The molecular formula is C22H24N2O2. The minimum atomic E-state index is -1.12. The van der Waals surface area contributed by atoms with Gasteiger partial charge in [0.15, 0.2) is 5.54 Å². The van der Waals surface area contributed by atoms with Gasteiger partial charge >= 0.3 is 5.97 Å². The summed E-state index contributed by atoms with van der Waals surface area (Å²) in [5, 5.41) is 14.7. The van der Waals surface area contributed by atoms with Crippen LogP contribution in [0.15, 0.2) is 36.4 Å². The molecule has 3 aromatic rings. The zero-order valence-electron chi connectivity index (χ0n) is 15.4. The van der Waals surface area contributed by atoms with Gasteiger partial charge in [0.1, 0.15) is 0 Å². The minimum Gasteiger partial charge on any atom is -0.480 e. The van der Waals surface area contributed by atoms with Gasteiger partial charge in [-0.15, -0.1) is 0 Å². The van der Waals surface area contributed by atoms with E-state index in [4.69, 9.17) is 0 Å². The van der Waals surface area contributed by atoms with Crippen LogP contribution >= 0.6 is 0 Å². The van der Waals surface area contributed by atoms with Crippen molar-refractivity contribution >= 4 is 16.9 Å². The number of hydrogen-bond acceptors (Lipinski definition) is 2. The van der Waals surface area contributed by atoms with Crippen molar-refractivity contribution in [3.63, 3.8) is 0 Å². The van der Waals surface area contributed by atoms with Gasteiger partial charge in [-0.05, 0) is 61.6 Å². The third-order valence-electron chi connectivity index (χ3n) is 5.70. The van der Waals surface area contributed by atoms with Gasteiger partial charge in [0.05, 0.1) is 5.69 Å². The number of fused-ring (bicyclic) bond motifs is 3. The molecule has 0 spiro atoms. The molecule has 1 unspecified atom stereocenters. The number of aliphatic carboxylic acids is 1. The van der Waals surface area contributed by atoms with E-state index in [1.807, 2.05) is 12.1 Å². The molecule has 1 atom stereocenters. The third kappa shape index (κ3) is 2.53. The van der Waals surface area contributed by atoms with Gasteiger partial charge in [-0.25, -0.2) is 4.79 Å².